The van der Waals surface area contributed by atoms with Crippen molar-refractivity contribution in [2.24, 2.45) is 0 Å². The Balaban J connectivity index is 0.00000341. The first-order valence-corrected chi connectivity index (χ1v) is 8.84. The summed E-state index contributed by atoms with van der Waals surface area (Å²) in [4.78, 5) is 24.8. The Kier molecular flexibility index (Phi) is 7.21. The van der Waals surface area contributed by atoms with Gasteiger partial charge in [-0.3, -0.25) is 9.97 Å². The number of aromatic nitrogens is 3. The molecule has 0 saturated carbocycles. The van der Waals surface area contributed by atoms with E-state index in [1.165, 1.54) is 6.07 Å². The molecule has 0 aliphatic heterocycles. The number of hydrogen-bond acceptors (Lipinski definition) is 5. The molecule has 0 saturated heterocycles. The number of rotatable bonds is 5. The summed E-state index contributed by atoms with van der Waals surface area (Å²) < 4.78 is 41.6. The van der Waals surface area contributed by atoms with E-state index in [1.54, 1.807) is 38.9 Å². The van der Waals surface area contributed by atoms with E-state index in [-0.39, 0.29) is 43.7 Å². The number of halogens is 3. The molecular formula is C21H18F3N4O2Pt-. The van der Waals surface area contributed by atoms with Crippen LogP contribution in [0.25, 0.3) is 11.3 Å². The Bertz CT molecular complexity index is 1140. The van der Waals surface area contributed by atoms with Crippen LogP contribution >= 0.6 is 0 Å². The summed E-state index contributed by atoms with van der Waals surface area (Å²) in [5.41, 5.74) is -0.533. The summed E-state index contributed by atoms with van der Waals surface area (Å²) in [6, 6.07) is 8.43. The maximum Gasteiger partial charge on any atom is 0.354 e. The number of nitrogens with zero attached hydrogens (tertiary/aromatic N) is 4. The number of hydrogen-bond donors (Lipinski definition) is 1. The van der Waals surface area contributed by atoms with Crippen molar-refractivity contribution in [3.05, 3.63) is 71.2 Å². The average molecular weight is 610 g/mol. The molecule has 3 aromatic rings. The van der Waals surface area contributed by atoms with Crippen molar-refractivity contribution in [1.29, 1.82) is 0 Å². The molecule has 3 aromatic heterocycles. The fraction of sp³-hybridized carbons (Fsp3) is 0.238. The van der Waals surface area contributed by atoms with Crippen LogP contribution in [0.4, 0.5) is 18.9 Å². The molecule has 0 aliphatic carbocycles. The minimum absolute atomic E-state index is 0. The van der Waals surface area contributed by atoms with E-state index in [9.17, 15) is 23.1 Å². The Labute approximate surface area is 191 Å². The van der Waals surface area contributed by atoms with Crippen LogP contribution in [0.2, 0.25) is 0 Å². The van der Waals surface area contributed by atoms with Gasteiger partial charge in [0.05, 0.1) is 5.69 Å². The molecule has 10 heteroatoms. The molecule has 0 radical (unpaired) electrons. The maximum atomic E-state index is 14.4. The molecule has 0 spiro atoms. The van der Waals surface area contributed by atoms with Gasteiger partial charge in [-0.2, -0.15) is 0 Å². The van der Waals surface area contributed by atoms with Crippen molar-refractivity contribution >= 4 is 11.7 Å². The van der Waals surface area contributed by atoms with Crippen LogP contribution in [0.1, 0.15) is 35.7 Å². The van der Waals surface area contributed by atoms with Crippen molar-refractivity contribution in [2.45, 2.75) is 19.3 Å². The van der Waals surface area contributed by atoms with Crippen LogP contribution in [-0.2, 0) is 26.5 Å². The van der Waals surface area contributed by atoms with Crippen molar-refractivity contribution in [3.63, 3.8) is 0 Å². The van der Waals surface area contributed by atoms with Crippen LogP contribution in [0, 0.1) is 23.8 Å². The molecular weight excluding hydrogens is 592 g/mol. The monoisotopic (exact) mass is 610 g/mol. The van der Waals surface area contributed by atoms with Gasteiger partial charge in [-0.25, -0.2) is 22.9 Å². The zero-order chi connectivity index (χ0) is 22.2. The van der Waals surface area contributed by atoms with Crippen LogP contribution in [0.3, 0.4) is 0 Å². The second kappa shape index (κ2) is 9.14. The first-order chi connectivity index (χ1) is 14.0. The zero-order valence-electron chi connectivity index (χ0n) is 17.0. The molecule has 6 nitrogen and oxygen atoms in total. The van der Waals surface area contributed by atoms with Crippen LogP contribution in [0.5, 0.6) is 0 Å². The zero-order valence-corrected chi connectivity index (χ0v) is 19.3. The minimum Gasteiger partial charge on any atom is -0.477 e. The number of anilines is 1. The predicted octanol–water partition coefficient (Wildman–Crippen LogP) is 3.84. The molecule has 0 aliphatic rings. The van der Waals surface area contributed by atoms with E-state index in [2.05, 4.69) is 21.0 Å². The normalized spacial score (nSPS) is 11.1. The number of carboxylic acid groups (broad SMARTS) is 1. The predicted molar refractivity (Wildman–Crippen MR) is 104 cm³/mol. The summed E-state index contributed by atoms with van der Waals surface area (Å²) in [5, 5.41) is 9.40. The van der Waals surface area contributed by atoms with Crippen LogP contribution in [0.15, 0.2) is 30.3 Å². The molecule has 0 amide bonds. The van der Waals surface area contributed by atoms with E-state index >= 15 is 0 Å². The molecule has 3 heterocycles. The Morgan fingerprint density at radius 2 is 1.68 bits per heavy atom. The summed E-state index contributed by atoms with van der Waals surface area (Å²) in [7, 11) is 3.49. The molecule has 3 rings (SSSR count). The van der Waals surface area contributed by atoms with Gasteiger partial charge in [0.25, 0.3) is 0 Å². The fourth-order valence-electron chi connectivity index (χ4n) is 2.83. The number of carboxylic acids is 1. The molecule has 0 unspecified atom stereocenters. The standard InChI is InChI=1S/C21H18F3N4O2.Pt/c1-21(2,17-10-12(28(3)4)9-15(26-17)20(29)30)16-8-11(22)7-14(25-16)13-5-6-18(23)27-19(13)24;/h6-10H,1-4H3,(H,29,30);/q-1;. The van der Waals surface area contributed by atoms with Gasteiger partial charge in [0.15, 0.2) is 5.69 Å². The van der Waals surface area contributed by atoms with E-state index < -0.39 is 29.1 Å². The van der Waals surface area contributed by atoms with Gasteiger partial charge >= 0.3 is 5.97 Å². The first kappa shape index (κ1) is 24.5. The van der Waals surface area contributed by atoms with Crippen LogP contribution < -0.4 is 4.90 Å². The molecule has 0 atom stereocenters. The second-order valence-corrected chi connectivity index (χ2v) is 7.37. The van der Waals surface area contributed by atoms with Crippen molar-refractivity contribution < 1.29 is 44.1 Å². The van der Waals surface area contributed by atoms with E-state index in [0.29, 0.717) is 11.4 Å². The third kappa shape index (κ3) is 5.10. The Hall–Kier alpha value is -2.80. The van der Waals surface area contributed by atoms with Gasteiger partial charge in [0.1, 0.15) is 17.7 Å². The second-order valence-electron chi connectivity index (χ2n) is 7.37. The van der Waals surface area contributed by atoms with Gasteiger partial charge < -0.3 is 10.0 Å². The number of aromatic carboxylic acids is 1. The summed E-state index contributed by atoms with van der Waals surface area (Å²) >= 11 is 0. The molecule has 0 aromatic carbocycles. The van der Waals surface area contributed by atoms with Crippen molar-refractivity contribution in [2.75, 3.05) is 19.0 Å². The molecule has 31 heavy (non-hydrogen) atoms. The summed E-state index contributed by atoms with van der Waals surface area (Å²) in [5.74, 6) is -4.14. The van der Waals surface area contributed by atoms with E-state index in [0.717, 1.165) is 18.2 Å². The smallest absolute Gasteiger partial charge is 0.354 e. The van der Waals surface area contributed by atoms with Gasteiger partial charge in [0, 0.05) is 52.0 Å². The van der Waals surface area contributed by atoms with Gasteiger partial charge in [-0.05, 0) is 43.8 Å². The van der Waals surface area contributed by atoms with Crippen molar-refractivity contribution in [3.8, 4) is 11.3 Å². The van der Waals surface area contributed by atoms with E-state index in [1.807, 2.05) is 0 Å². The summed E-state index contributed by atoms with van der Waals surface area (Å²) in [6.45, 7) is 3.38. The third-order valence-corrected chi connectivity index (χ3v) is 4.62. The minimum atomic E-state index is -1.21. The van der Waals surface area contributed by atoms with Crippen molar-refractivity contribution in [1.82, 2.24) is 15.0 Å². The SMILES string of the molecule is CN(C)c1cc(C(=O)O)nc(C(C)(C)c2cc(F)cc(-c3[c-]cc(F)nc3F)n2)c1.[Pt]. The first-order valence-electron chi connectivity index (χ1n) is 8.84. The van der Waals surface area contributed by atoms with Crippen LogP contribution in [-0.4, -0.2) is 40.1 Å². The number of carbonyl (C=O) groups is 1. The largest absolute Gasteiger partial charge is 0.477 e. The van der Waals surface area contributed by atoms with Gasteiger partial charge in [0.2, 0.25) is 0 Å². The molecule has 0 fully saturated rings. The van der Waals surface area contributed by atoms with Gasteiger partial charge in [-0.15, -0.1) is 6.07 Å². The van der Waals surface area contributed by atoms with E-state index in [4.69, 9.17) is 0 Å². The quantitative estimate of drug-likeness (QED) is 0.350. The molecule has 0 bridgehead atoms. The topological polar surface area (TPSA) is 79.2 Å². The summed E-state index contributed by atoms with van der Waals surface area (Å²) in [6.07, 6.45) is 0. The average Bonchev–Trinajstić information content (AvgIpc) is 2.67. The molecule has 1 N–H and O–H groups in total. The molecule has 166 valence electrons. The van der Waals surface area contributed by atoms with Gasteiger partial charge in [-0.1, -0.05) is 11.6 Å². The fourth-order valence-corrected chi connectivity index (χ4v) is 2.83. The Morgan fingerprint density at radius 3 is 2.26 bits per heavy atom. The Morgan fingerprint density at radius 1 is 1.03 bits per heavy atom. The maximum absolute atomic E-state index is 14.4. The number of pyridine rings is 3. The third-order valence-electron chi connectivity index (χ3n) is 4.62.